The normalized spacial score (nSPS) is 15.7. The van der Waals surface area contributed by atoms with Gasteiger partial charge in [-0.15, -0.1) is 0 Å². The number of carbonyl (C=O) groups is 1. The highest BCUT2D eigenvalue weighted by molar-refractivity contribution is 5.76. The Balaban J connectivity index is 1.88. The van der Waals surface area contributed by atoms with Gasteiger partial charge in [0, 0.05) is 32.1 Å². The van der Waals surface area contributed by atoms with E-state index in [-0.39, 0.29) is 5.91 Å². The Morgan fingerprint density at radius 3 is 2.73 bits per heavy atom. The fourth-order valence-electron chi connectivity index (χ4n) is 1.31. The molecule has 1 fully saturated rings. The number of hydrogen-bond donors (Lipinski definition) is 2. The van der Waals surface area contributed by atoms with Crippen molar-refractivity contribution in [2.45, 2.75) is 32.2 Å². The van der Waals surface area contributed by atoms with Gasteiger partial charge in [0.2, 0.25) is 5.91 Å². The molecular weight excluding hydrogens is 190 g/mol. The zero-order valence-corrected chi connectivity index (χ0v) is 9.88. The van der Waals surface area contributed by atoms with Crippen LogP contribution in [0.25, 0.3) is 0 Å². The van der Waals surface area contributed by atoms with Gasteiger partial charge in [-0.05, 0) is 26.4 Å². The molecule has 0 heterocycles. The average molecular weight is 213 g/mol. The van der Waals surface area contributed by atoms with E-state index in [9.17, 15) is 4.79 Å². The SMILES string of the molecule is CCN(C)CCNC(=O)CCNC1CC1. The van der Waals surface area contributed by atoms with E-state index in [2.05, 4.69) is 29.5 Å². The zero-order chi connectivity index (χ0) is 11.1. The fourth-order valence-corrected chi connectivity index (χ4v) is 1.31. The Morgan fingerprint density at radius 2 is 2.13 bits per heavy atom. The van der Waals surface area contributed by atoms with E-state index in [0.29, 0.717) is 12.5 Å². The van der Waals surface area contributed by atoms with E-state index in [0.717, 1.165) is 26.2 Å². The van der Waals surface area contributed by atoms with E-state index in [1.807, 2.05) is 0 Å². The number of nitrogens with one attached hydrogen (secondary N) is 2. The zero-order valence-electron chi connectivity index (χ0n) is 9.88. The van der Waals surface area contributed by atoms with Crippen LogP contribution in [-0.4, -0.2) is 50.1 Å². The molecule has 0 aromatic heterocycles. The second-order valence-corrected chi connectivity index (χ2v) is 4.22. The lowest BCUT2D eigenvalue weighted by Gasteiger charge is -2.13. The molecule has 1 aliphatic rings. The maximum Gasteiger partial charge on any atom is 0.221 e. The van der Waals surface area contributed by atoms with Crippen LogP contribution in [0.2, 0.25) is 0 Å². The van der Waals surface area contributed by atoms with Gasteiger partial charge in [0.15, 0.2) is 0 Å². The van der Waals surface area contributed by atoms with Crippen LogP contribution in [0, 0.1) is 0 Å². The van der Waals surface area contributed by atoms with Crippen molar-refractivity contribution in [2.75, 3.05) is 33.2 Å². The molecule has 0 aliphatic heterocycles. The second kappa shape index (κ2) is 6.80. The van der Waals surface area contributed by atoms with E-state index in [4.69, 9.17) is 0 Å². The standard InChI is InChI=1S/C11H23N3O/c1-3-14(2)9-8-13-11(15)6-7-12-10-4-5-10/h10,12H,3-9H2,1-2H3,(H,13,15). The van der Waals surface area contributed by atoms with Crippen LogP contribution < -0.4 is 10.6 Å². The fraction of sp³-hybridized carbons (Fsp3) is 0.909. The van der Waals surface area contributed by atoms with Crippen LogP contribution in [0.5, 0.6) is 0 Å². The highest BCUT2D eigenvalue weighted by Gasteiger charge is 2.19. The summed E-state index contributed by atoms with van der Waals surface area (Å²) in [6.45, 7) is 5.64. The summed E-state index contributed by atoms with van der Waals surface area (Å²) in [7, 11) is 2.06. The Hall–Kier alpha value is -0.610. The first-order valence-electron chi connectivity index (χ1n) is 5.91. The molecule has 1 rings (SSSR count). The minimum atomic E-state index is 0.160. The first-order chi connectivity index (χ1) is 7.22. The molecule has 1 aliphatic carbocycles. The van der Waals surface area contributed by atoms with Crippen LogP contribution in [0.3, 0.4) is 0 Å². The molecular formula is C11H23N3O. The topological polar surface area (TPSA) is 44.4 Å². The van der Waals surface area contributed by atoms with Gasteiger partial charge in [0.1, 0.15) is 0 Å². The summed E-state index contributed by atoms with van der Waals surface area (Å²) in [6, 6.07) is 0.698. The van der Waals surface area contributed by atoms with Crippen molar-refractivity contribution in [3.63, 3.8) is 0 Å². The summed E-state index contributed by atoms with van der Waals surface area (Å²) < 4.78 is 0. The molecule has 1 saturated carbocycles. The van der Waals surface area contributed by atoms with Gasteiger partial charge < -0.3 is 15.5 Å². The van der Waals surface area contributed by atoms with Crippen molar-refractivity contribution < 1.29 is 4.79 Å². The Bertz CT molecular complexity index is 192. The first-order valence-corrected chi connectivity index (χ1v) is 5.91. The molecule has 4 nitrogen and oxygen atoms in total. The first kappa shape index (κ1) is 12.5. The molecule has 0 radical (unpaired) electrons. The lowest BCUT2D eigenvalue weighted by atomic mass is 10.4. The summed E-state index contributed by atoms with van der Waals surface area (Å²) in [5, 5.41) is 6.25. The molecule has 1 amide bonds. The van der Waals surface area contributed by atoms with Crippen LogP contribution in [0.15, 0.2) is 0 Å². The highest BCUT2D eigenvalue weighted by Crippen LogP contribution is 2.18. The average Bonchev–Trinajstić information content (AvgIpc) is 3.01. The van der Waals surface area contributed by atoms with E-state index < -0.39 is 0 Å². The number of likely N-dealkylation sites (N-methyl/N-ethyl adjacent to an activating group) is 1. The van der Waals surface area contributed by atoms with Gasteiger partial charge in [-0.1, -0.05) is 6.92 Å². The third kappa shape index (κ3) is 6.47. The van der Waals surface area contributed by atoms with Crippen LogP contribution in [0.1, 0.15) is 26.2 Å². The number of amides is 1. The predicted octanol–water partition coefficient (Wildman–Crippen LogP) is 0.196. The van der Waals surface area contributed by atoms with Gasteiger partial charge >= 0.3 is 0 Å². The van der Waals surface area contributed by atoms with E-state index >= 15 is 0 Å². The largest absolute Gasteiger partial charge is 0.355 e. The van der Waals surface area contributed by atoms with Crippen molar-refractivity contribution in [3.05, 3.63) is 0 Å². The van der Waals surface area contributed by atoms with Crippen molar-refractivity contribution >= 4 is 5.91 Å². The molecule has 0 bridgehead atoms. The summed E-state index contributed by atoms with van der Waals surface area (Å²) in [4.78, 5) is 13.5. The maximum absolute atomic E-state index is 11.3. The van der Waals surface area contributed by atoms with Gasteiger partial charge in [0.05, 0.1) is 0 Å². The summed E-state index contributed by atoms with van der Waals surface area (Å²) in [5.74, 6) is 0.160. The van der Waals surface area contributed by atoms with Crippen LogP contribution >= 0.6 is 0 Å². The Morgan fingerprint density at radius 1 is 1.40 bits per heavy atom. The Labute approximate surface area is 92.4 Å². The van der Waals surface area contributed by atoms with Crippen molar-refractivity contribution in [3.8, 4) is 0 Å². The molecule has 0 saturated heterocycles. The van der Waals surface area contributed by atoms with Gasteiger partial charge in [-0.25, -0.2) is 0 Å². The smallest absolute Gasteiger partial charge is 0.221 e. The summed E-state index contributed by atoms with van der Waals surface area (Å²) in [5.41, 5.74) is 0. The third-order valence-corrected chi connectivity index (χ3v) is 2.72. The monoisotopic (exact) mass is 213 g/mol. The van der Waals surface area contributed by atoms with Crippen molar-refractivity contribution in [1.82, 2.24) is 15.5 Å². The lowest BCUT2D eigenvalue weighted by molar-refractivity contribution is -0.121. The minimum Gasteiger partial charge on any atom is -0.355 e. The number of nitrogens with zero attached hydrogens (tertiary/aromatic N) is 1. The molecule has 4 heteroatoms. The maximum atomic E-state index is 11.3. The van der Waals surface area contributed by atoms with Crippen LogP contribution in [-0.2, 0) is 4.79 Å². The molecule has 88 valence electrons. The molecule has 0 aromatic rings. The second-order valence-electron chi connectivity index (χ2n) is 4.22. The molecule has 0 spiro atoms. The Kier molecular flexibility index (Phi) is 5.65. The van der Waals surface area contributed by atoms with Crippen molar-refractivity contribution in [2.24, 2.45) is 0 Å². The van der Waals surface area contributed by atoms with Gasteiger partial charge in [-0.3, -0.25) is 4.79 Å². The molecule has 0 unspecified atom stereocenters. The molecule has 0 atom stereocenters. The van der Waals surface area contributed by atoms with Crippen LogP contribution in [0.4, 0.5) is 0 Å². The predicted molar refractivity (Wildman–Crippen MR) is 61.8 cm³/mol. The van der Waals surface area contributed by atoms with Crippen molar-refractivity contribution in [1.29, 1.82) is 0 Å². The van der Waals surface area contributed by atoms with Gasteiger partial charge in [-0.2, -0.15) is 0 Å². The summed E-state index contributed by atoms with van der Waals surface area (Å²) >= 11 is 0. The third-order valence-electron chi connectivity index (χ3n) is 2.72. The number of hydrogen-bond acceptors (Lipinski definition) is 3. The molecule has 0 aromatic carbocycles. The van der Waals surface area contributed by atoms with E-state index in [1.54, 1.807) is 0 Å². The van der Waals surface area contributed by atoms with Gasteiger partial charge in [0.25, 0.3) is 0 Å². The quantitative estimate of drug-likeness (QED) is 0.605. The number of carbonyl (C=O) groups excluding carboxylic acids is 1. The number of rotatable bonds is 8. The lowest BCUT2D eigenvalue weighted by Crippen LogP contribution is -2.34. The highest BCUT2D eigenvalue weighted by atomic mass is 16.1. The van der Waals surface area contributed by atoms with E-state index in [1.165, 1.54) is 12.8 Å². The minimum absolute atomic E-state index is 0.160. The molecule has 2 N–H and O–H groups in total. The summed E-state index contributed by atoms with van der Waals surface area (Å²) in [6.07, 6.45) is 3.16. The molecule has 15 heavy (non-hydrogen) atoms.